The Bertz CT molecular complexity index is 1240. The van der Waals surface area contributed by atoms with E-state index in [2.05, 4.69) is 0 Å². The fourth-order valence-corrected chi connectivity index (χ4v) is 4.43. The SMILES string of the molecule is COCCN1C(=O)C(=O)/C(=C(/O)c2c(OC)cccc2OC)C1c1cn(C)c2ccccc12. The Balaban J connectivity index is 2.02. The quantitative estimate of drug-likeness (QED) is 0.338. The lowest BCUT2D eigenvalue weighted by Crippen LogP contribution is -2.32. The molecule has 0 aliphatic carbocycles. The van der Waals surface area contributed by atoms with Crippen molar-refractivity contribution in [1.29, 1.82) is 0 Å². The minimum absolute atomic E-state index is 0.0183. The van der Waals surface area contributed by atoms with E-state index in [9.17, 15) is 14.7 Å². The third-order valence-corrected chi connectivity index (χ3v) is 5.96. The molecule has 0 radical (unpaired) electrons. The molecule has 1 fully saturated rings. The molecule has 8 nitrogen and oxygen atoms in total. The van der Waals surface area contributed by atoms with Crippen LogP contribution in [0.1, 0.15) is 17.2 Å². The lowest BCUT2D eigenvalue weighted by atomic mass is 9.94. The molecule has 2 heterocycles. The van der Waals surface area contributed by atoms with Crippen molar-refractivity contribution in [2.45, 2.75) is 6.04 Å². The van der Waals surface area contributed by atoms with Crippen LogP contribution in [-0.4, -0.2) is 60.7 Å². The average molecular weight is 450 g/mol. The number of benzene rings is 2. The van der Waals surface area contributed by atoms with Gasteiger partial charge in [0.2, 0.25) is 0 Å². The summed E-state index contributed by atoms with van der Waals surface area (Å²) in [5.74, 6) is -1.16. The van der Waals surface area contributed by atoms with Gasteiger partial charge in [-0.15, -0.1) is 0 Å². The normalized spacial score (nSPS) is 17.7. The highest BCUT2D eigenvalue weighted by atomic mass is 16.5. The third kappa shape index (κ3) is 3.62. The zero-order valence-electron chi connectivity index (χ0n) is 19.0. The van der Waals surface area contributed by atoms with Crippen molar-refractivity contribution >= 4 is 28.4 Å². The minimum Gasteiger partial charge on any atom is -0.506 e. The van der Waals surface area contributed by atoms with Gasteiger partial charge in [0, 0.05) is 43.4 Å². The van der Waals surface area contributed by atoms with Crippen molar-refractivity contribution in [2.75, 3.05) is 34.5 Å². The summed E-state index contributed by atoms with van der Waals surface area (Å²) < 4.78 is 18.0. The highest BCUT2D eigenvalue weighted by molar-refractivity contribution is 6.46. The predicted octanol–water partition coefficient (Wildman–Crippen LogP) is 3.26. The summed E-state index contributed by atoms with van der Waals surface area (Å²) in [4.78, 5) is 27.8. The summed E-state index contributed by atoms with van der Waals surface area (Å²) in [5.41, 5.74) is 1.88. The monoisotopic (exact) mass is 450 g/mol. The number of amides is 1. The maximum atomic E-state index is 13.3. The Labute approximate surface area is 191 Å². The van der Waals surface area contributed by atoms with E-state index in [1.165, 1.54) is 26.2 Å². The minimum atomic E-state index is -0.805. The van der Waals surface area contributed by atoms with Gasteiger partial charge in [0.05, 0.1) is 32.4 Å². The number of nitrogens with zero attached hydrogens (tertiary/aromatic N) is 2. The van der Waals surface area contributed by atoms with Crippen molar-refractivity contribution in [3.63, 3.8) is 0 Å². The standard InChI is InChI=1S/C25H26N2O6/c1-26-14-16(15-8-5-6-9-17(15)26)22-21(24(29)25(30)27(22)12-13-31-2)23(28)20-18(32-3)10-7-11-19(20)33-4/h5-11,14,22,28H,12-13H2,1-4H3/b23-21+. The zero-order valence-corrected chi connectivity index (χ0v) is 19.0. The van der Waals surface area contributed by atoms with Crippen molar-refractivity contribution in [3.8, 4) is 11.5 Å². The number of ketones is 1. The van der Waals surface area contributed by atoms with Crippen molar-refractivity contribution < 1.29 is 28.9 Å². The van der Waals surface area contributed by atoms with Gasteiger partial charge in [0.15, 0.2) is 0 Å². The number of carbonyl (C=O) groups excluding carboxylic acids is 2. The van der Waals surface area contributed by atoms with Gasteiger partial charge in [-0.2, -0.15) is 0 Å². The van der Waals surface area contributed by atoms with E-state index < -0.39 is 17.7 Å². The van der Waals surface area contributed by atoms with Gasteiger partial charge in [0.1, 0.15) is 22.8 Å². The molecule has 0 bridgehead atoms. The number of rotatable bonds is 7. The average Bonchev–Trinajstić information content (AvgIpc) is 3.30. The molecule has 2 aromatic carbocycles. The van der Waals surface area contributed by atoms with Crippen LogP contribution in [0, 0.1) is 0 Å². The maximum absolute atomic E-state index is 13.3. The van der Waals surface area contributed by atoms with Gasteiger partial charge in [-0.25, -0.2) is 0 Å². The Morgan fingerprint density at radius 2 is 1.67 bits per heavy atom. The van der Waals surface area contributed by atoms with Crippen molar-refractivity contribution in [3.05, 3.63) is 65.4 Å². The molecule has 1 aliphatic rings. The van der Waals surface area contributed by atoms with Gasteiger partial charge >= 0.3 is 0 Å². The summed E-state index contributed by atoms with van der Waals surface area (Å²) in [6.07, 6.45) is 1.88. The van der Waals surface area contributed by atoms with Crippen molar-refractivity contribution in [1.82, 2.24) is 9.47 Å². The summed E-state index contributed by atoms with van der Waals surface area (Å²) in [6.45, 7) is 0.432. The number of methoxy groups -OCH3 is 3. The molecule has 1 unspecified atom stereocenters. The molecule has 0 spiro atoms. The lowest BCUT2D eigenvalue weighted by molar-refractivity contribution is -0.140. The number of carbonyl (C=O) groups is 2. The number of aliphatic hydroxyl groups excluding tert-OH is 1. The van der Waals surface area contributed by atoms with Crippen LogP contribution in [0.5, 0.6) is 11.5 Å². The summed E-state index contributed by atoms with van der Waals surface area (Å²) in [7, 11) is 6.36. The molecule has 8 heteroatoms. The Kier molecular flexibility index (Phi) is 6.11. The van der Waals surface area contributed by atoms with Crippen LogP contribution in [0.25, 0.3) is 16.7 Å². The van der Waals surface area contributed by atoms with Crippen molar-refractivity contribution in [2.24, 2.45) is 7.05 Å². The second-order valence-corrected chi connectivity index (χ2v) is 7.74. The van der Waals surface area contributed by atoms with E-state index in [4.69, 9.17) is 14.2 Å². The number of aromatic nitrogens is 1. The number of ether oxygens (including phenoxy) is 3. The third-order valence-electron chi connectivity index (χ3n) is 5.96. The number of hydrogen-bond acceptors (Lipinski definition) is 6. The largest absolute Gasteiger partial charge is 0.506 e. The van der Waals surface area contributed by atoms with Crippen LogP contribution >= 0.6 is 0 Å². The van der Waals surface area contributed by atoms with E-state index in [1.807, 2.05) is 42.1 Å². The number of Topliss-reactive ketones (excluding diaryl/α,β-unsaturated/α-hetero) is 1. The second kappa shape index (κ2) is 8.99. The molecule has 0 saturated carbocycles. The highest BCUT2D eigenvalue weighted by Gasteiger charge is 2.47. The van der Waals surface area contributed by atoms with Gasteiger partial charge in [0.25, 0.3) is 11.7 Å². The van der Waals surface area contributed by atoms with Crippen LogP contribution in [0.15, 0.2) is 54.2 Å². The molecule has 172 valence electrons. The molecule has 1 aliphatic heterocycles. The van der Waals surface area contributed by atoms with E-state index in [0.717, 1.165) is 16.5 Å². The van der Waals surface area contributed by atoms with E-state index >= 15 is 0 Å². The van der Waals surface area contributed by atoms with Gasteiger partial charge in [-0.1, -0.05) is 24.3 Å². The fraction of sp³-hybridized carbons (Fsp3) is 0.280. The molecule has 3 aromatic rings. The predicted molar refractivity (Wildman–Crippen MR) is 123 cm³/mol. The summed E-state index contributed by atoms with van der Waals surface area (Å²) in [5, 5.41) is 12.3. The van der Waals surface area contributed by atoms with Gasteiger partial charge in [-0.3, -0.25) is 9.59 Å². The summed E-state index contributed by atoms with van der Waals surface area (Å²) in [6, 6.07) is 11.9. The highest BCUT2D eigenvalue weighted by Crippen LogP contribution is 2.45. The first-order chi connectivity index (χ1) is 15.9. The van der Waals surface area contributed by atoms with Crippen LogP contribution < -0.4 is 9.47 Å². The van der Waals surface area contributed by atoms with Crippen LogP contribution in [0.4, 0.5) is 0 Å². The molecular formula is C25H26N2O6. The summed E-state index contributed by atoms with van der Waals surface area (Å²) >= 11 is 0. The van der Waals surface area contributed by atoms with E-state index in [0.29, 0.717) is 11.5 Å². The number of para-hydroxylation sites is 1. The Hall–Kier alpha value is -3.78. The Morgan fingerprint density at radius 3 is 2.30 bits per heavy atom. The first kappa shape index (κ1) is 22.4. The first-order valence-corrected chi connectivity index (χ1v) is 10.5. The number of likely N-dealkylation sites (tertiary alicyclic amines) is 1. The molecule has 4 rings (SSSR count). The number of aliphatic hydroxyl groups is 1. The van der Waals surface area contributed by atoms with Crippen LogP contribution in [-0.2, 0) is 21.4 Å². The lowest BCUT2D eigenvalue weighted by Gasteiger charge is -2.25. The molecule has 1 aromatic heterocycles. The number of hydrogen-bond donors (Lipinski definition) is 1. The molecular weight excluding hydrogens is 424 g/mol. The molecule has 1 N–H and O–H groups in total. The maximum Gasteiger partial charge on any atom is 0.295 e. The molecule has 33 heavy (non-hydrogen) atoms. The Morgan fingerprint density at radius 1 is 1.00 bits per heavy atom. The van der Waals surface area contributed by atoms with Gasteiger partial charge < -0.3 is 28.8 Å². The zero-order chi connectivity index (χ0) is 23.7. The van der Waals surface area contributed by atoms with E-state index in [-0.39, 0.29) is 30.0 Å². The molecule has 1 atom stereocenters. The van der Waals surface area contributed by atoms with Crippen LogP contribution in [0.2, 0.25) is 0 Å². The second-order valence-electron chi connectivity index (χ2n) is 7.74. The van der Waals surface area contributed by atoms with Crippen LogP contribution in [0.3, 0.4) is 0 Å². The molecule has 1 amide bonds. The number of aryl methyl sites for hydroxylation is 1. The van der Waals surface area contributed by atoms with Gasteiger partial charge in [-0.05, 0) is 18.2 Å². The fourth-order valence-electron chi connectivity index (χ4n) is 4.43. The smallest absolute Gasteiger partial charge is 0.295 e. The number of fused-ring (bicyclic) bond motifs is 1. The first-order valence-electron chi connectivity index (χ1n) is 10.5. The van der Waals surface area contributed by atoms with E-state index in [1.54, 1.807) is 18.2 Å². The molecule has 1 saturated heterocycles. The topological polar surface area (TPSA) is 90.2 Å².